The minimum absolute atomic E-state index is 0.114. The molecule has 1 aromatic rings. The van der Waals surface area contributed by atoms with Crippen molar-refractivity contribution in [2.75, 3.05) is 0 Å². The van der Waals surface area contributed by atoms with E-state index in [2.05, 4.69) is 21.2 Å². The quantitative estimate of drug-likeness (QED) is 0.828. The monoisotopic (exact) mass is 354 g/mol. The van der Waals surface area contributed by atoms with Crippen LogP contribution in [0.4, 0.5) is 9.18 Å². The second-order valence-electron chi connectivity index (χ2n) is 5.67. The predicted octanol–water partition coefficient (Wildman–Crippen LogP) is 3.34. The fourth-order valence-corrected chi connectivity index (χ4v) is 3.70. The maximum absolute atomic E-state index is 13.9. The minimum Gasteiger partial charge on any atom is -0.305 e. The van der Waals surface area contributed by atoms with Gasteiger partial charge in [-0.3, -0.25) is 10.1 Å². The summed E-state index contributed by atoms with van der Waals surface area (Å²) < 4.78 is 14.7. The molecule has 1 heterocycles. The molecular weight excluding hydrogens is 339 g/mol. The highest BCUT2D eigenvalue weighted by Gasteiger charge is 2.52. The summed E-state index contributed by atoms with van der Waals surface area (Å²) in [6.07, 6.45) is 4.21. The lowest BCUT2D eigenvalue weighted by molar-refractivity contribution is -0.128. The fraction of sp³-hybridized carbons (Fsp3) is 0.467. The van der Waals surface area contributed by atoms with Crippen molar-refractivity contribution in [3.63, 3.8) is 0 Å². The van der Waals surface area contributed by atoms with Crippen molar-refractivity contribution in [3.8, 4) is 0 Å². The van der Waals surface area contributed by atoms with E-state index in [0.29, 0.717) is 18.4 Å². The van der Waals surface area contributed by atoms with Gasteiger partial charge in [-0.15, -0.1) is 0 Å². The van der Waals surface area contributed by atoms with E-state index >= 15 is 0 Å². The van der Waals surface area contributed by atoms with Crippen molar-refractivity contribution in [2.24, 2.45) is 0 Å². The zero-order valence-electron chi connectivity index (χ0n) is 11.5. The Balaban J connectivity index is 1.93. The first-order chi connectivity index (χ1) is 10.0. The fourth-order valence-electron chi connectivity index (χ4n) is 3.29. The van der Waals surface area contributed by atoms with E-state index in [1.807, 2.05) is 0 Å². The molecule has 1 aliphatic carbocycles. The van der Waals surface area contributed by atoms with Gasteiger partial charge in [0.2, 0.25) is 0 Å². The summed E-state index contributed by atoms with van der Waals surface area (Å²) in [6.45, 7) is 0.114. The number of amides is 3. The third kappa shape index (κ3) is 2.46. The number of nitrogens with zero attached hydrogens (tertiary/aromatic N) is 1. The third-order valence-electron chi connectivity index (χ3n) is 4.42. The van der Waals surface area contributed by atoms with Gasteiger partial charge in [0.1, 0.15) is 11.4 Å². The molecule has 0 aromatic heterocycles. The third-order valence-corrected chi connectivity index (χ3v) is 4.92. The van der Waals surface area contributed by atoms with Crippen LogP contribution in [-0.4, -0.2) is 22.4 Å². The summed E-state index contributed by atoms with van der Waals surface area (Å²) in [5, 5.41) is 2.40. The van der Waals surface area contributed by atoms with Crippen LogP contribution >= 0.6 is 15.9 Å². The molecule has 0 radical (unpaired) electrons. The van der Waals surface area contributed by atoms with Crippen LogP contribution in [0.15, 0.2) is 22.7 Å². The van der Waals surface area contributed by atoms with Gasteiger partial charge in [0, 0.05) is 10.0 Å². The van der Waals surface area contributed by atoms with E-state index in [0.717, 1.165) is 23.7 Å². The van der Waals surface area contributed by atoms with Crippen LogP contribution in [0.2, 0.25) is 0 Å². The van der Waals surface area contributed by atoms with Gasteiger partial charge in [0.25, 0.3) is 5.91 Å². The Kier molecular flexibility index (Phi) is 3.73. The smallest absolute Gasteiger partial charge is 0.305 e. The largest absolute Gasteiger partial charge is 0.325 e. The highest BCUT2D eigenvalue weighted by molar-refractivity contribution is 9.10. The molecule has 1 spiro atoms. The van der Waals surface area contributed by atoms with Crippen LogP contribution in [0.5, 0.6) is 0 Å². The molecule has 0 bridgehead atoms. The van der Waals surface area contributed by atoms with Crippen molar-refractivity contribution in [1.29, 1.82) is 0 Å². The van der Waals surface area contributed by atoms with Crippen LogP contribution in [-0.2, 0) is 11.3 Å². The molecule has 2 fully saturated rings. The van der Waals surface area contributed by atoms with E-state index in [4.69, 9.17) is 0 Å². The Hall–Kier alpha value is -1.43. The van der Waals surface area contributed by atoms with Crippen molar-refractivity contribution < 1.29 is 14.0 Å². The van der Waals surface area contributed by atoms with Crippen LogP contribution in [0.3, 0.4) is 0 Å². The van der Waals surface area contributed by atoms with E-state index in [1.54, 1.807) is 12.1 Å². The maximum atomic E-state index is 13.9. The summed E-state index contributed by atoms with van der Waals surface area (Å²) in [5.41, 5.74) is -0.372. The van der Waals surface area contributed by atoms with E-state index < -0.39 is 11.6 Å². The lowest BCUT2D eigenvalue weighted by Crippen LogP contribution is -2.50. The summed E-state index contributed by atoms with van der Waals surface area (Å²) in [5.74, 6) is -0.598. The molecule has 1 N–H and O–H groups in total. The number of benzene rings is 1. The lowest BCUT2D eigenvalue weighted by atomic mass is 9.80. The summed E-state index contributed by atoms with van der Waals surface area (Å²) in [7, 11) is 0. The Bertz CT molecular complexity index is 599. The van der Waals surface area contributed by atoms with Gasteiger partial charge < -0.3 is 4.90 Å². The molecule has 1 saturated heterocycles. The van der Waals surface area contributed by atoms with Gasteiger partial charge >= 0.3 is 6.03 Å². The first-order valence-electron chi connectivity index (χ1n) is 7.10. The zero-order valence-corrected chi connectivity index (χ0v) is 13.1. The number of imide groups is 1. The summed E-state index contributed by atoms with van der Waals surface area (Å²) in [6, 6.07) is 4.22. The Morgan fingerprint density at radius 2 is 1.95 bits per heavy atom. The van der Waals surface area contributed by atoms with Crippen molar-refractivity contribution in [2.45, 2.75) is 44.2 Å². The van der Waals surface area contributed by atoms with Crippen LogP contribution in [0.25, 0.3) is 0 Å². The molecule has 0 unspecified atom stereocenters. The van der Waals surface area contributed by atoms with E-state index in [1.165, 1.54) is 11.0 Å². The number of nitrogens with one attached hydrogen (secondary N) is 1. The highest BCUT2D eigenvalue weighted by Crippen LogP contribution is 2.38. The standard InChI is InChI=1S/C15H16BrFN2O2/c16-11-4-5-12(17)10(8-11)9-19-14(21)18-13(20)15(19)6-2-1-3-7-15/h4-5,8H,1-3,6-7,9H2,(H,18,20,21). The Morgan fingerprint density at radius 1 is 1.24 bits per heavy atom. The number of rotatable bonds is 2. The number of urea groups is 1. The van der Waals surface area contributed by atoms with Gasteiger partial charge in [-0.05, 0) is 31.0 Å². The van der Waals surface area contributed by atoms with Gasteiger partial charge in [0.05, 0.1) is 6.54 Å². The van der Waals surface area contributed by atoms with Gasteiger partial charge in [0.15, 0.2) is 0 Å². The van der Waals surface area contributed by atoms with Gasteiger partial charge in [-0.1, -0.05) is 35.2 Å². The van der Waals surface area contributed by atoms with E-state index in [-0.39, 0.29) is 18.3 Å². The van der Waals surface area contributed by atoms with Gasteiger partial charge in [-0.25, -0.2) is 9.18 Å². The first kappa shape index (κ1) is 14.5. The molecule has 0 atom stereocenters. The van der Waals surface area contributed by atoms with Crippen LogP contribution < -0.4 is 5.32 Å². The molecule has 21 heavy (non-hydrogen) atoms. The molecule has 1 aromatic carbocycles. The second-order valence-corrected chi connectivity index (χ2v) is 6.59. The number of halogens is 2. The van der Waals surface area contributed by atoms with Crippen molar-refractivity contribution in [1.82, 2.24) is 10.2 Å². The molecule has 3 rings (SSSR count). The summed E-state index contributed by atoms with van der Waals surface area (Å²) >= 11 is 3.31. The van der Waals surface area contributed by atoms with Crippen molar-refractivity contribution in [3.05, 3.63) is 34.1 Å². The average Bonchev–Trinajstić information content (AvgIpc) is 2.68. The van der Waals surface area contributed by atoms with Crippen LogP contribution in [0, 0.1) is 5.82 Å². The number of hydrogen-bond acceptors (Lipinski definition) is 2. The first-order valence-corrected chi connectivity index (χ1v) is 7.89. The Labute approximate surface area is 130 Å². The predicted molar refractivity (Wildman–Crippen MR) is 79.0 cm³/mol. The Morgan fingerprint density at radius 3 is 2.67 bits per heavy atom. The van der Waals surface area contributed by atoms with Crippen LogP contribution in [0.1, 0.15) is 37.7 Å². The molecule has 6 heteroatoms. The average molecular weight is 355 g/mol. The SMILES string of the molecule is O=C1NC(=O)C2(CCCCC2)N1Cc1cc(Br)ccc1F. The van der Waals surface area contributed by atoms with Crippen molar-refractivity contribution >= 4 is 27.9 Å². The normalized spacial score (nSPS) is 21.0. The number of carbonyl (C=O) groups is 2. The lowest BCUT2D eigenvalue weighted by Gasteiger charge is -2.38. The molecule has 112 valence electrons. The molecule has 1 saturated carbocycles. The topological polar surface area (TPSA) is 49.4 Å². The maximum Gasteiger partial charge on any atom is 0.325 e. The molecular formula is C15H16BrFN2O2. The highest BCUT2D eigenvalue weighted by atomic mass is 79.9. The molecule has 4 nitrogen and oxygen atoms in total. The zero-order chi connectivity index (χ0) is 15.0. The summed E-state index contributed by atoms with van der Waals surface area (Å²) in [4.78, 5) is 25.9. The minimum atomic E-state index is -0.788. The number of hydrogen-bond donors (Lipinski definition) is 1. The van der Waals surface area contributed by atoms with Gasteiger partial charge in [-0.2, -0.15) is 0 Å². The number of carbonyl (C=O) groups excluding carboxylic acids is 2. The molecule has 2 aliphatic rings. The molecule has 3 amide bonds. The van der Waals surface area contributed by atoms with E-state index in [9.17, 15) is 14.0 Å². The molecule has 1 aliphatic heterocycles. The second kappa shape index (κ2) is 5.40.